The fourth-order valence-electron chi connectivity index (χ4n) is 5.44. The minimum atomic E-state index is 0.274. The van der Waals surface area contributed by atoms with Crippen LogP contribution in [-0.4, -0.2) is 43.5 Å². The Balaban J connectivity index is 1.57. The fourth-order valence-corrected chi connectivity index (χ4v) is 5.44. The Morgan fingerprint density at radius 2 is 1.94 bits per heavy atom. The maximum Gasteiger partial charge on any atom is 0.222 e. The topological polar surface area (TPSA) is 66.3 Å². The third-order valence-corrected chi connectivity index (χ3v) is 7.46. The number of aromatic amines is 1. The van der Waals surface area contributed by atoms with Crippen LogP contribution in [0.3, 0.4) is 0 Å². The Bertz CT molecular complexity index is 1340. The van der Waals surface area contributed by atoms with Gasteiger partial charge < -0.3 is 9.88 Å². The molecule has 5 rings (SSSR count). The first kappa shape index (κ1) is 21.7. The lowest BCUT2D eigenvalue weighted by molar-refractivity contribution is -0.131. The first-order chi connectivity index (χ1) is 15.9. The Morgan fingerprint density at radius 1 is 1.18 bits per heavy atom. The molecule has 0 aliphatic carbocycles. The SMILES string of the molecule is CCC(=O)N1CCC(c2ccc3[nH]c(-c4cn5ncnc5c(C)c4C)c(C(C)C)c3c2)CC1. The predicted octanol–water partition coefficient (Wildman–Crippen LogP) is 5.73. The molecular formula is C27H33N5O. The average molecular weight is 444 g/mol. The molecule has 4 aromatic rings. The zero-order valence-corrected chi connectivity index (χ0v) is 20.3. The second kappa shape index (κ2) is 8.32. The maximum atomic E-state index is 12.1. The van der Waals surface area contributed by atoms with Crippen LogP contribution in [0, 0.1) is 13.8 Å². The number of amides is 1. The van der Waals surface area contributed by atoms with E-state index in [2.05, 4.69) is 67.2 Å². The number of piperidine rings is 1. The number of pyridine rings is 1. The van der Waals surface area contributed by atoms with Crippen molar-refractivity contribution in [2.45, 2.75) is 65.7 Å². The Kier molecular flexibility index (Phi) is 5.47. The van der Waals surface area contributed by atoms with Crippen molar-refractivity contribution in [1.29, 1.82) is 0 Å². The zero-order chi connectivity index (χ0) is 23.3. The number of nitrogens with one attached hydrogen (secondary N) is 1. The van der Waals surface area contributed by atoms with E-state index < -0.39 is 0 Å². The number of nitrogens with zero attached hydrogens (tertiary/aromatic N) is 4. The number of fused-ring (bicyclic) bond motifs is 2. The number of rotatable bonds is 4. The first-order valence-corrected chi connectivity index (χ1v) is 12.1. The van der Waals surface area contributed by atoms with E-state index in [1.807, 2.05) is 16.3 Å². The van der Waals surface area contributed by atoms with Crippen molar-refractivity contribution < 1.29 is 4.79 Å². The number of carbonyl (C=O) groups excluding carboxylic acids is 1. The first-order valence-electron chi connectivity index (χ1n) is 12.1. The molecule has 1 fully saturated rings. The second-order valence-corrected chi connectivity index (χ2v) is 9.70. The molecule has 1 amide bonds. The predicted molar refractivity (Wildman–Crippen MR) is 133 cm³/mol. The normalized spacial score (nSPS) is 15.3. The van der Waals surface area contributed by atoms with Crippen molar-refractivity contribution >= 4 is 22.5 Å². The van der Waals surface area contributed by atoms with E-state index in [1.165, 1.54) is 38.9 Å². The van der Waals surface area contributed by atoms with Crippen molar-refractivity contribution in [1.82, 2.24) is 24.5 Å². The maximum absolute atomic E-state index is 12.1. The van der Waals surface area contributed by atoms with E-state index >= 15 is 0 Å². The van der Waals surface area contributed by atoms with E-state index in [4.69, 9.17) is 0 Å². The van der Waals surface area contributed by atoms with Gasteiger partial charge in [-0.3, -0.25) is 4.79 Å². The molecule has 0 bridgehead atoms. The number of aromatic nitrogens is 4. The van der Waals surface area contributed by atoms with Crippen molar-refractivity contribution in [3.05, 3.63) is 53.0 Å². The van der Waals surface area contributed by atoms with Gasteiger partial charge in [0.05, 0.1) is 5.69 Å². The monoisotopic (exact) mass is 443 g/mol. The summed E-state index contributed by atoms with van der Waals surface area (Å²) in [6, 6.07) is 6.90. The number of likely N-dealkylation sites (tertiary alicyclic amines) is 1. The van der Waals surface area contributed by atoms with Gasteiger partial charge in [-0.2, -0.15) is 5.10 Å². The molecule has 4 heterocycles. The number of aryl methyl sites for hydroxylation is 1. The minimum Gasteiger partial charge on any atom is -0.354 e. The Hall–Kier alpha value is -3.15. The molecule has 1 saturated heterocycles. The number of hydrogen-bond acceptors (Lipinski definition) is 3. The van der Waals surface area contributed by atoms with E-state index in [0.29, 0.717) is 18.3 Å². The number of H-pyrrole nitrogens is 1. The Labute approximate surface area is 195 Å². The molecule has 0 unspecified atom stereocenters. The molecule has 1 aliphatic rings. The van der Waals surface area contributed by atoms with Gasteiger partial charge in [-0.1, -0.05) is 26.8 Å². The van der Waals surface area contributed by atoms with Crippen molar-refractivity contribution in [2.24, 2.45) is 0 Å². The molecule has 172 valence electrons. The lowest BCUT2D eigenvalue weighted by Crippen LogP contribution is -2.37. The summed E-state index contributed by atoms with van der Waals surface area (Å²) in [6.07, 6.45) is 6.38. The minimum absolute atomic E-state index is 0.274. The largest absolute Gasteiger partial charge is 0.354 e. The summed E-state index contributed by atoms with van der Waals surface area (Å²) >= 11 is 0. The van der Waals surface area contributed by atoms with Gasteiger partial charge in [0, 0.05) is 42.2 Å². The number of carbonyl (C=O) groups is 1. The van der Waals surface area contributed by atoms with Crippen LogP contribution in [0.25, 0.3) is 27.8 Å². The van der Waals surface area contributed by atoms with Gasteiger partial charge in [-0.15, -0.1) is 0 Å². The number of benzene rings is 1. The van der Waals surface area contributed by atoms with Crippen molar-refractivity contribution in [3.63, 3.8) is 0 Å². The van der Waals surface area contributed by atoms with Crippen LogP contribution in [-0.2, 0) is 4.79 Å². The van der Waals surface area contributed by atoms with E-state index in [0.717, 1.165) is 37.1 Å². The molecule has 0 atom stereocenters. The molecule has 1 aromatic carbocycles. The van der Waals surface area contributed by atoms with Crippen LogP contribution in [0.4, 0.5) is 0 Å². The molecule has 3 aromatic heterocycles. The van der Waals surface area contributed by atoms with Gasteiger partial charge in [0.25, 0.3) is 0 Å². The van der Waals surface area contributed by atoms with Crippen LogP contribution < -0.4 is 0 Å². The fraction of sp³-hybridized carbons (Fsp3) is 0.444. The third-order valence-electron chi connectivity index (χ3n) is 7.46. The van der Waals surface area contributed by atoms with E-state index in [9.17, 15) is 4.79 Å². The summed E-state index contributed by atoms with van der Waals surface area (Å²) in [5.41, 5.74) is 9.58. The number of hydrogen-bond donors (Lipinski definition) is 1. The molecule has 0 saturated carbocycles. The van der Waals surface area contributed by atoms with Crippen LogP contribution in [0.2, 0.25) is 0 Å². The smallest absolute Gasteiger partial charge is 0.222 e. The highest BCUT2D eigenvalue weighted by atomic mass is 16.2. The standard InChI is InChI=1S/C27H33N5O/c1-6-24(33)31-11-9-19(10-12-31)20-7-8-23-21(13-20)25(16(2)3)26(30-23)22-14-32-27(28-15-29-32)18(5)17(22)4/h7-8,13-16,19,30H,6,9-12H2,1-5H3. The van der Waals surface area contributed by atoms with Gasteiger partial charge >= 0.3 is 0 Å². The highest BCUT2D eigenvalue weighted by molar-refractivity contribution is 5.92. The van der Waals surface area contributed by atoms with Crippen molar-refractivity contribution in [3.8, 4) is 11.3 Å². The molecule has 33 heavy (non-hydrogen) atoms. The van der Waals surface area contributed by atoms with Gasteiger partial charge in [-0.25, -0.2) is 9.50 Å². The van der Waals surface area contributed by atoms with Crippen LogP contribution in [0.15, 0.2) is 30.7 Å². The summed E-state index contributed by atoms with van der Waals surface area (Å²) < 4.78 is 1.88. The lowest BCUT2D eigenvalue weighted by Gasteiger charge is -2.32. The molecule has 6 nitrogen and oxygen atoms in total. The van der Waals surface area contributed by atoms with Crippen LogP contribution in [0.1, 0.15) is 74.1 Å². The summed E-state index contributed by atoms with van der Waals surface area (Å²) in [5, 5.41) is 5.70. The van der Waals surface area contributed by atoms with Gasteiger partial charge in [0.2, 0.25) is 5.91 Å². The Morgan fingerprint density at radius 3 is 2.64 bits per heavy atom. The molecule has 0 radical (unpaired) electrons. The van der Waals surface area contributed by atoms with Crippen LogP contribution >= 0.6 is 0 Å². The average Bonchev–Trinajstić information content (AvgIpc) is 3.45. The van der Waals surface area contributed by atoms with Crippen molar-refractivity contribution in [2.75, 3.05) is 13.1 Å². The summed E-state index contributed by atoms with van der Waals surface area (Å²) in [7, 11) is 0. The van der Waals surface area contributed by atoms with Gasteiger partial charge in [0.15, 0.2) is 5.65 Å². The highest BCUT2D eigenvalue weighted by Gasteiger charge is 2.25. The zero-order valence-electron chi connectivity index (χ0n) is 20.3. The van der Waals surface area contributed by atoms with E-state index in [1.54, 1.807) is 6.33 Å². The summed E-state index contributed by atoms with van der Waals surface area (Å²) in [5.74, 6) is 1.15. The summed E-state index contributed by atoms with van der Waals surface area (Å²) in [6.45, 7) is 12.5. The van der Waals surface area contributed by atoms with Crippen LogP contribution in [0.5, 0.6) is 0 Å². The molecular weight excluding hydrogens is 410 g/mol. The highest BCUT2D eigenvalue weighted by Crippen LogP contribution is 2.39. The summed E-state index contributed by atoms with van der Waals surface area (Å²) in [4.78, 5) is 22.2. The lowest BCUT2D eigenvalue weighted by atomic mass is 9.87. The van der Waals surface area contributed by atoms with Gasteiger partial charge in [-0.05, 0) is 72.9 Å². The molecule has 0 spiro atoms. The second-order valence-electron chi connectivity index (χ2n) is 9.70. The third kappa shape index (κ3) is 3.62. The molecule has 6 heteroatoms. The quantitative estimate of drug-likeness (QED) is 0.438. The van der Waals surface area contributed by atoms with E-state index in [-0.39, 0.29) is 5.91 Å². The molecule has 1 N–H and O–H groups in total. The molecule has 1 aliphatic heterocycles. The van der Waals surface area contributed by atoms with Gasteiger partial charge in [0.1, 0.15) is 6.33 Å².